The van der Waals surface area contributed by atoms with Gasteiger partial charge in [-0.2, -0.15) is 5.10 Å². The molecule has 0 radical (unpaired) electrons. The van der Waals surface area contributed by atoms with Crippen LogP contribution in [0.1, 0.15) is 42.5 Å². The van der Waals surface area contributed by atoms with Gasteiger partial charge in [0.05, 0.1) is 28.0 Å². The predicted octanol–water partition coefficient (Wildman–Crippen LogP) is 4.53. The minimum Gasteiger partial charge on any atom is -0.322 e. The van der Waals surface area contributed by atoms with Crippen LogP contribution in [-0.4, -0.2) is 32.1 Å². The number of halogens is 1. The van der Waals surface area contributed by atoms with Gasteiger partial charge in [0.1, 0.15) is 11.4 Å². The highest BCUT2D eigenvalue weighted by Crippen LogP contribution is 2.35. The summed E-state index contributed by atoms with van der Waals surface area (Å²) in [5, 5.41) is 7.26. The molecule has 9 heteroatoms. The normalized spacial score (nSPS) is 12.9. The van der Waals surface area contributed by atoms with E-state index in [-0.39, 0.29) is 16.6 Å². The van der Waals surface area contributed by atoms with Gasteiger partial charge in [-0.05, 0) is 56.3 Å². The summed E-state index contributed by atoms with van der Waals surface area (Å²) >= 11 is 6.45. The summed E-state index contributed by atoms with van der Waals surface area (Å²) in [5.41, 5.74) is 3.69. The van der Waals surface area contributed by atoms with Crippen LogP contribution in [0.5, 0.6) is 0 Å². The smallest absolute Gasteiger partial charge is 0.266 e. The quantitative estimate of drug-likeness (QED) is 0.441. The van der Waals surface area contributed by atoms with Crippen molar-refractivity contribution >= 4 is 40.7 Å². The number of amides is 3. The monoisotopic (exact) mass is 473 g/mol. The molecular formula is C25H20ClN5O3. The van der Waals surface area contributed by atoms with Crippen molar-refractivity contribution < 1.29 is 14.4 Å². The highest BCUT2D eigenvalue weighted by atomic mass is 35.5. The zero-order valence-corrected chi connectivity index (χ0v) is 19.4. The number of anilines is 2. The van der Waals surface area contributed by atoms with Gasteiger partial charge < -0.3 is 9.88 Å². The highest BCUT2D eigenvalue weighted by Gasteiger charge is 2.37. The molecule has 2 aromatic heterocycles. The van der Waals surface area contributed by atoms with Crippen LogP contribution in [0.3, 0.4) is 0 Å². The Balaban J connectivity index is 1.43. The molecule has 0 aliphatic carbocycles. The lowest BCUT2D eigenvalue weighted by atomic mass is 10.1. The molecule has 0 bridgehead atoms. The molecule has 2 aromatic carbocycles. The van der Waals surface area contributed by atoms with Crippen molar-refractivity contribution in [2.75, 3.05) is 10.2 Å². The number of benzene rings is 2. The first-order valence-electron chi connectivity index (χ1n) is 10.5. The molecule has 3 heterocycles. The molecule has 5 rings (SSSR count). The number of imide groups is 1. The molecule has 0 spiro atoms. The first-order chi connectivity index (χ1) is 16.3. The maximum atomic E-state index is 13.1. The number of nitrogens with one attached hydrogen (secondary N) is 1. The van der Waals surface area contributed by atoms with E-state index in [2.05, 4.69) is 10.4 Å². The number of carbonyl (C=O) groups excluding carboxylic acids is 3. The Morgan fingerprint density at radius 2 is 1.56 bits per heavy atom. The van der Waals surface area contributed by atoms with Crippen LogP contribution in [0.15, 0.2) is 60.8 Å². The molecule has 0 atom stereocenters. The fraction of sp³-hybridized carbons (Fsp3) is 0.120. The van der Waals surface area contributed by atoms with Crippen LogP contribution >= 0.6 is 11.6 Å². The molecule has 0 unspecified atom stereocenters. The van der Waals surface area contributed by atoms with Gasteiger partial charge in [-0.3, -0.25) is 19.1 Å². The first-order valence-corrected chi connectivity index (χ1v) is 10.9. The zero-order valence-electron chi connectivity index (χ0n) is 18.7. The Morgan fingerprint density at radius 3 is 2.15 bits per heavy atom. The van der Waals surface area contributed by atoms with Gasteiger partial charge >= 0.3 is 0 Å². The number of aromatic nitrogens is 3. The first kappa shape index (κ1) is 21.7. The minimum atomic E-state index is -0.434. The third-order valence-electron chi connectivity index (χ3n) is 5.88. The van der Waals surface area contributed by atoms with E-state index in [9.17, 15) is 14.4 Å². The number of nitrogens with zero attached hydrogens (tertiary/aromatic N) is 4. The maximum absolute atomic E-state index is 13.1. The van der Waals surface area contributed by atoms with Gasteiger partial charge in [0.15, 0.2) is 0 Å². The van der Waals surface area contributed by atoms with Crippen LogP contribution in [0.25, 0.3) is 5.82 Å². The lowest BCUT2D eigenvalue weighted by molar-refractivity contribution is 0.0924. The summed E-state index contributed by atoms with van der Waals surface area (Å²) in [5.74, 6) is -0.583. The summed E-state index contributed by atoms with van der Waals surface area (Å²) in [4.78, 5) is 39.7. The summed E-state index contributed by atoms with van der Waals surface area (Å²) < 4.78 is 3.60. The second-order valence-corrected chi connectivity index (χ2v) is 8.48. The molecule has 0 fully saturated rings. The molecular weight excluding hydrogens is 454 g/mol. The van der Waals surface area contributed by atoms with Gasteiger partial charge in [0.2, 0.25) is 0 Å². The Bertz CT molecular complexity index is 1450. The van der Waals surface area contributed by atoms with Gasteiger partial charge in [-0.1, -0.05) is 23.7 Å². The van der Waals surface area contributed by atoms with Gasteiger partial charge in [-0.15, -0.1) is 0 Å². The van der Waals surface area contributed by atoms with E-state index in [4.69, 9.17) is 11.6 Å². The van der Waals surface area contributed by atoms with Crippen molar-refractivity contribution in [3.63, 3.8) is 0 Å². The summed E-state index contributed by atoms with van der Waals surface area (Å²) in [7, 11) is 1.78. The summed E-state index contributed by atoms with van der Waals surface area (Å²) in [6, 6.07) is 15.2. The van der Waals surface area contributed by atoms with Gasteiger partial charge in [-0.25, -0.2) is 4.90 Å². The molecule has 1 aliphatic rings. The van der Waals surface area contributed by atoms with Crippen LogP contribution in [0.2, 0.25) is 5.02 Å². The van der Waals surface area contributed by atoms with Crippen molar-refractivity contribution in [3.05, 3.63) is 93.9 Å². The number of rotatable bonds is 4. The molecule has 0 saturated carbocycles. The van der Waals surface area contributed by atoms with Crippen molar-refractivity contribution in [1.82, 2.24) is 14.3 Å². The molecule has 4 aromatic rings. The van der Waals surface area contributed by atoms with E-state index in [1.54, 1.807) is 48.1 Å². The second-order valence-electron chi connectivity index (χ2n) is 8.07. The third kappa shape index (κ3) is 3.31. The van der Waals surface area contributed by atoms with Gasteiger partial charge in [0, 0.05) is 24.1 Å². The molecule has 1 aliphatic heterocycles. The third-order valence-corrected chi connectivity index (χ3v) is 6.18. The van der Waals surface area contributed by atoms with E-state index in [1.165, 1.54) is 12.3 Å². The highest BCUT2D eigenvalue weighted by molar-refractivity contribution is 6.40. The largest absolute Gasteiger partial charge is 0.322 e. The van der Waals surface area contributed by atoms with E-state index >= 15 is 0 Å². The molecule has 8 nitrogen and oxygen atoms in total. The number of hydrogen-bond acceptors (Lipinski definition) is 4. The van der Waals surface area contributed by atoms with Crippen LogP contribution in [0, 0.1) is 13.8 Å². The fourth-order valence-corrected chi connectivity index (χ4v) is 4.50. The number of hydrogen-bond donors (Lipinski definition) is 1. The molecule has 3 amide bonds. The summed E-state index contributed by atoms with van der Waals surface area (Å²) in [6.45, 7) is 3.92. The number of fused-ring (bicyclic) bond motifs is 1. The Hall–Kier alpha value is -4.17. The average molecular weight is 474 g/mol. The standard InChI is InChI=1S/C25H20ClN5O3/c1-14-8-9-15(2)30(14)23-19(13-27-29(23)3)22(32)28-16-10-11-21(20(26)12-16)31-24(33)17-6-4-5-7-18(17)25(31)34/h4-13H,1-3H3,(H,28,32). The molecule has 0 saturated heterocycles. The van der Waals surface area contributed by atoms with E-state index < -0.39 is 11.8 Å². The van der Waals surface area contributed by atoms with E-state index in [0.717, 1.165) is 16.3 Å². The topological polar surface area (TPSA) is 89.2 Å². The van der Waals surface area contributed by atoms with Crippen LogP contribution in [0.4, 0.5) is 11.4 Å². The van der Waals surface area contributed by atoms with Crippen molar-refractivity contribution in [3.8, 4) is 5.82 Å². The van der Waals surface area contributed by atoms with E-state index in [1.807, 2.05) is 30.5 Å². The molecule has 170 valence electrons. The lowest BCUT2D eigenvalue weighted by Crippen LogP contribution is -2.29. The number of carbonyl (C=O) groups is 3. The lowest BCUT2D eigenvalue weighted by Gasteiger charge is -2.17. The maximum Gasteiger partial charge on any atom is 0.266 e. The second kappa shape index (κ2) is 8.00. The predicted molar refractivity (Wildman–Crippen MR) is 129 cm³/mol. The van der Waals surface area contributed by atoms with Crippen molar-refractivity contribution in [1.29, 1.82) is 0 Å². The zero-order chi connectivity index (χ0) is 24.1. The Labute approximate surface area is 200 Å². The van der Waals surface area contributed by atoms with Gasteiger partial charge in [0.25, 0.3) is 17.7 Å². The SMILES string of the molecule is Cc1ccc(C)n1-c1c(C(=O)Nc2ccc(N3C(=O)c4ccccc4C3=O)c(Cl)c2)cnn1C. The van der Waals surface area contributed by atoms with E-state index in [0.29, 0.717) is 28.2 Å². The minimum absolute atomic E-state index is 0.163. The Kier molecular flexibility index (Phi) is 5.10. The molecule has 34 heavy (non-hydrogen) atoms. The summed E-state index contributed by atoms with van der Waals surface area (Å²) in [6.07, 6.45) is 1.51. The number of aryl methyl sites for hydroxylation is 3. The molecule has 1 N–H and O–H groups in total. The Morgan fingerprint density at radius 1 is 0.941 bits per heavy atom. The fourth-order valence-electron chi connectivity index (χ4n) is 4.23. The van der Waals surface area contributed by atoms with Crippen molar-refractivity contribution in [2.24, 2.45) is 7.05 Å². The van der Waals surface area contributed by atoms with Crippen LogP contribution in [-0.2, 0) is 7.05 Å². The van der Waals surface area contributed by atoms with Crippen LogP contribution < -0.4 is 10.2 Å². The van der Waals surface area contributed by atoms with Crippen molar-refractivity contribution in [2.45, 2.75) is 13.8 Å². The average Bonchev–Trinajstić information content (AvgIpc) is 3.43.